The van der Waals surface area contributed by atoms with Crippen LogP contribution in [0, 0.1) is 0 Å². The third-order valence-electron chi connectivity index (χ3n) is 3.11. The van der Waals surface area contributed by atoms with Crippen LogP contribution in [-0.2, 0) is 4.79 Å². The van der Waals surface area contributed by atoms with E-state index in [1.807, 2.05) is 30.3 Å². The number of carbonyl (C=O) groups excluding carboxylic acids is 1. The molecule has 6 nitrogen and oxygen atoms in total. The van der Waals surface area contributed by atoms with Crippen LogP contribution in [0.2, 0.25) is 0 Å². The van der Waals surface area contributed by atoms with Gasteiger partial charge in [-0.15, -0.1) is 0 Å². The number of hydrogen-bond acceptors (Lipinski definition) is 3. The zero-order valence-corrected chi connectivity index (χ0v) is 13.5. The summed E-state index contributed by atoms with van der Waals surface area (Å²) in [5.74, 6) is 0.389. The SMILES string of the molecule is C[C@H](C(=O)NCCOc1ccccc1)N(C(=O)O)C(C)(C)C. The summed E-state index contributed by atoms with van der Waals surface area (Å²) in [5, 5.41) is 12.0. The molecular weight excluding hydrogens is 284 g/mol. The minimum atomic E-state index is -1.12. The first-order valence-corrected chi connectivity index (χ1v) is 7.21. The summed E-state index contributed by atoms with van der Waals surface area (Å²) in [6.45, 7) is 7.48. The summed E-state index contributed by atoms with van der Waals surface area (Å²) in [4.78, 5) is 24.5. The van der Waals surface area contributed by atoms with Gasteiger partial charge in [-0.1, -0.05) is 18.2 Å². The normalized spacial score (nSPS) is 12.4. The molecule has 0 spiro atoms. The van der Waals surface area contributed by atoms with Gasteiger partial charge in [0.25, 0.3) is 0 Å². The summed E-state index contributed by atoms with van der Waals surface area (Å²) in [7, 11) is 0. The van der Waals surface area contributed by atoms with Crippen LogP contribution in [0.5, 0.6) is 5.75 Å². The van der Waals surface area contributed by atoms with E-state index in [1.54, 1.807) is 27.7 Å². The highest BCUT2D eigenvalue weighted by Crippen LogP contribution is 2.17. The topological polar surface area (TPSA) is 78.9 Å². The van der Waals surface area contributed by atoms with Gasteiger partial charge in [0.1, 0.15) is 18.4 Å². The van der Waals surface area contributed by atoms with Crippen molar-refractivity contribution in [2.45, 2.75) is 39.3 Å². The molecule has 0 heterocycles. The van der Waals surface area contributed by atoms with Crippen molar-refractivity contribution >= 4 is 12.0 Å². The van der Waals surface area contributed by atoms with Crippen LogP contribution in [0.15, 0.2) is 30.3 Å². The molecule has 0 radical (unpaired) electrons. The summed E-state index contributed by atoms with van der Waals surface area (Å²) < 4.78 is 5.47. The smallest absolute Gasteiger partial charge is 0.408 e. The number of carbonyl (C=O) groups is 2. The lowest BCUT2D eigenvalue weighted by atomic mass is 10.0. The fourth-order valence-electron chi connectivity index (χ4n) is 2.16. The van der Waals surface area contributed by atoms with E-state index in [-0.39, 0.29) is 5.91 Å². The third-order valence-corrected chi connectivity index (χ3v) is 3.11. The van der Waals surface area contributed by atoms with E-state index in [2.05, 4.69) is 5.32 Å². The predicted molar refractivity (Wildman–Crippen MR) is 84.0 cm³/mol. The first-order valence-electron chi connectivity index (χ1n) is 7.21. The van der Waals surface area contributed by atoms with Crippen molar-refractivity contribution in [3.05, 3.63) is 30.3 Å². The molecular formula is C16H24N2O4. The molecule has 1 aromatic rings. The van der Waals surface area contributed by atoms with Gasteiger partial charge < -0.3 is 15.2 Å². The molecule has 0 aliphatic heterocycles. The zero-order valence-electron chi connectivity index (χ0n) is 13.5. The lowest BCUT2D eigenvalue weighted by Gasteiger charge is -2.37. The van der Waals surface area contributed by atoms with Gasteiger partial charge in [-0.3, -0.25) is 9.69 Å². The number of hydrogen-bond donors (Lipinski definition) is 2. The molecule has 122 valence electrons. The van der Waals surface area contributed by atoms with Crippen molar-refractivity contribution in [1.29, 1.82) is 0 Å². The molecule has 0 bridgehead atoms. The molecule has 0 aromatic heterocycles. The van der Waals surface area contributed by atoms with Crippen LogP contribution < -0.4 is 10.1 Å². The summed E-state index contributed by atoms with van der Waals surface area (Å²) >= 11 is 0. The lowest BCUT2D eigenvalue weighted by molar-refractivity contribution is -0.127. The first kappa shape index (κ1) is 17.8. The molecule has 2 amide bonds. The van der Waals surface area contributed by atoms with Crippen LogP contribution in [0.1, 0.15) is 27.7 Å². The molecule has 0 saturated carbocycles. The maximum Gasteiger partial charge on any atom is 0.408 e. The molecule has 0 aliphatic rings. The van der Waals surface area contributed by atoms with Crippen molar-refractivity contribution in [2.24, 2.45) is 0 Å². The molecule has 2 N–H and O–H groups in total. The molecule has 0 unspecified atom stereocenters. The van der Waals surface area contributed by atoms with Gasteiger partial charge in [-0.05, 0) is 39.8 Å². The average Bonchev–Trinajstić information content (AvgIpc) is 2.42. The number of benzene rings is 1. The second-order valence-corrected chi connectivity index (χ2v) is 5.95. The van der Waals surface area contributed by atoms with Crippen LogP contribution >= 0.6 is 0 Å². The minimum absolute atomic E-state index is 0.315. The maximum absolute atomic E-state index is 12.1. The number of carboxylic acid groups (broad SMARTS) is 1. The highest BCUT2D eigenvalue weighted by atomic mass is 16.5. The highest BCUT2D eigenvalue weighted by Gasteiger charge is 2.34. The Morgan fingerprint density at radius 3 is 2.36 bits per heavy atom. The molecule has 1 aromatic carbocycles. The molecule has 1 atom stereocenters. The van der Waals surface area contributed by atoms with Crippen LogP contribution in [0.4, 0.5) is 4.79 Å². The van der Waals surface area contributed by atoms with E-state index in [0.29, 0.717) is 13.2 Å². The van der Waals surface area contributed by atoms with Crippen LogP contribution in [0.25, 0.3) is 0 Å². The predicted octanol–water partition coefficient (Wildman–Crippen LogP) is 2.35. The minimum Gasteiger partial charge on any atom is -0.492 e. The zero-order chi connectivity index (χ0) is 16.8. The number of amides is 2. The van der Waals surface area contributed by atoms with Gasteiger partial charge in [0, 0.05) is 5.54 Å². The Labute approximate surface area is 131 Å². The Morgan fingerprint density at radius 1 is 1.27 bits per heavy atom. The third kappa shape index (κ3) is 5.27. The summed E-state index contributed by atoms with van der Waals surface area (Å²) in [5.41, 5.74) is -0.650. The Hall–Kier alpha value is -2.24. The molecule has 6 heteroatoms. The number of ether oxygens (including phenoxy) is 1. The Balaban J connectivity index is 2.45. The van der Waals surface area contributed by atoms with E-state index in [4.69, 9.17) is 4.74 Å². The maximum atomic E-state index is 12.1. The van der Waals surface area contributed by atoms with Gasteiger partial charge in [0.2, 0.25) is 5.91 Å². The Bertz CT molecular complexity index is 497. The second kappa shape index (κ2) is 7.68. The van der Waals surface area contributed by atoms with Gasteiger partial charge in [0.05, 0.1) is 6.54 Å². The largest absolute Gasteiger partial charge is 0.492 e. The van der Waals surface area contributed by atoms with E-state index < -0.39 is 17.7 Å². The number of para-hydroxylation sites is 1. The molecule has 22 heavy (non-hydrogen) atoms. The van der Waals surface area contributed by atoms with Gasteiger partial charge in [0.15, 0.2) is 0 Å². The molecule has 1 rings (SSSR count). The standard InChI is InChI=1S/C16H24N2O4/c1-12(18(15(20)21)16(2,3)4)14(19)17-10-11-22-13-8-6-5-7-9-13/h5-9,12H,10-11H2,1-4H3,(H,17,19)(H,20,21)/t12-/m1/s1. The van der Waals surface area contributed by atoms with Crippen LogP contribution in [0.3, 0.4) is 0 Å². The Morgan fingerprint density at radius 2 is 1.86 bits per heavy atom. The van der Waals surface area contributed by atoms with E-state index in [0.717, 1.165) is 10.6 Å². The van der Waals surface area contributed by atoms with E-state index in [1.165, 1.54) is 0 Å². The van der Waals surface area contributed by atoms with Crippen LogP contribution in [-0.4, -0.2) is 46.7 Å². The second-order valence-electron chi connectivity index (χ2n) is 5.95. The van der Waals surface area contributed by atoms with E-state index in [9.17, 15) is 14.7 Å². The molecule has 0 saturated heterocycles. The number of rotatable bonds is 6. The van der Waals surface area contributed by atoms with Crippen molar-refractivity contribution in [1.82, 2.24) is 10.2 Å². The van der Waals surface area contributed by atoms with E-state index >= 15 is 0 Å². The first-order chi connectivity index (χ1) is 10.2. The fraction of sp³-hybridized carbons (Fsp3) is 0.500. The van der Waals surface area contributed by atoms with Crippen molar-refractivity contribution < 1.29 is 19.4 Å². The monoisotopic (exact) mass is 308 g/mol. The molecule has 0 aliphatic carbocycles. The highest BCUT2D eigenvalue weighted by molar-refractivity contribution is 5.85. The summed E-state index contributed by atoms with van der Waals surface area (Å²) in [6, 6.07) is 8.51. The molecule has 0 fully saturated rings. The fourth-order valence-corrected chi connectivity index (χ4v) is 2.16. The van der Waals surface area contributed by atoms with Crippen molar-refractivity contribution in [3.63, 3.8) is 0 Å². The van der Waals surface area contributed by atoms with Crippen molar-refractivity contribution in [3.8, 4) is 5.75 Å². The Kier molecular flexibility index (Phi) is 6.22. The lowest BCUT2D eigenvalue weighted by Crippen LogP contribution is -2.55. The number of nitrogens with one attached hydrogen (secondary N) is 1. The average molecular weight is 308 g/mol. The van der Waals surface area contributed by atoms with Crippen molar-refractivity contribution in [2.75, 3.05) is 13.2 Å². The van der Waals surface area contributed by atoms with Gasteiger partial charge in [-0.25, -0.2) is 4.79 Å². The van der Waals surface area contributed by atoms with Gasteiger partial charge in [-0.2, -0.15) is 0 Å². The quantitative estimate of drug-likeness (QED) is 0.791. The summed E-state index contributed by atoms with van der Waals surface area (Å²) in [6.07, 6.45) is -1.12. The number of nitrogens with zero attached hydrogens (tertiary/aromatic N) is 1. The van der Waals surface area contributed by atoms with Gasteiger partial charge >= 0.3 is 6.09 Å².